The van der Waals surface area contributed by atoms with Crippen LogP contribution in [0.3, 0.4) is 0 Å². The summed E-state index contributed by atoms with van der Waals surface area (Å²) in [6, 6.07) is 5.67. The van der Waals surface area contributed by atoms with E-state index >= 15 is 0 Å². The van der Waals surface area contributed by atoms with Crippen LogP contribution in [0.2, 0.25) is 0 Å². The number of nitrogens with zero attached hydrogens (tertiary/aromatic N) is 1. The van der Waals surface area contributed by atoms with Crippen LogP contribution in [0.1, 0.15) is 12.5 Å². The summed E-state index contributed by atoms with van der Waals surface area (Å²) in [6.07, 6.45) is 2.01. The third-order valence-corrected chi connectivity index (χ3v) is 3.37. The van der Waals surface area contributed by atoms with Gasteiger partial charge in [-0.3, -0.25) is 5.10 Å². The van der Waals surface area contributed by atoms with Crippen molar-refractivity contribution in [1.29, 1.82) is 0 Å². The van der Waals surface area contributed by atoms with Gasteiger partial charge in [0, 0.05) is 0 Å². The molecule has 0 aliphatic heterocycles. The lowest BCUT2D eigenvalue weighted by Gasteiger charge is -2.10. The number of rotatable bonds is 2. The molecule has 0 spiro atoms. The summed E-state index contributed by atoms with van der Waals surface area (Å²) in [4.78, 5) is 0. The van der Waals surface area contributed by atoms with E-state index in [-0.39, 0.29) is 0 Å². The van der Waals surface area contributed by atoms with Gasteiger partial charge in [-0.25, -0.2) is 8.78 Å². The molecule has 0 atom stereocenters. The number of hydrogen-bond donors (Lipinski definition) is 2. The van der Waals surface area contributed by atoms with E-state index in [0.717, 1.165) is 5.56 Å². The molecule has 0 unspecified atom stereocenters. The van der Waals surface area contributed by atoms with E-state index in [4.69, 9.17) is 0 Å². The molecule has 20 heavy (non-hydrogen) atoms. The maximum atomic E-state index is 14.0. The van der Waals surface area contributed by atoms with Gasteiger partial charge in [0.15, 0.2) is 11.6 Å². The number of aromatic hydroxyl groups is 1. The van der Waals surface area contributed by atoms with Crippen molar-refractivity contribution in [3.8, 4) is 16.9 Å². The fraction of sp³-hybridized carbons (Fsp3) is 0.133. The highest BCUT2D eigenvalue weighted by Crippen LogP contribution is 2.32. The highest BCUT2D eigenvalue weighted by atomic mass is 19.1. The van der Waals surface area contributed by atoms with E-state index in [1.165, 1.54) is 24.4 Å². The van der Waals surface area contributed by atoms with Crippen molar-refractivity contribution in [2.75, 3.05) is 0 Å². The Hall–Kier alpha value is -2.43. The van der Waals surface area contributed by atoms with Crippen molar-refractivity contribution in [3.63, 3.8) is 0 Å². The molecule has 1 heterocycles. The number of phenolic OH excluding ortho intramolecular Hbond substituents is 1. The average Bonchev–Trinajstić information content (AvgIpc) is 2.90. The number of phenols is 1. The quantitative estimate of drug-likeness (QED) is 0.747. The minimum absolute atomic E-state index is 0.394. The zero-order valence-corrected chi connectivity index (χ0v) is 10.7. The Kier molecular flexibility index (Phi) is 2.89. The molecule has 3 aromatic rings. The van der Waals surface area contributed by atoms with E-state index in [0.29, 0.717) is 28.5 Å². The van der Waals surface area contributed by atoms with Gasteiger partial charge >= 0.3 is 0 Å². The van der Waals surface area contributed by atoms with Gasteiger partial charge in [0.1, 0.15) is 5.82 Å². The van der Waals surface area contributed by atoms with Crippen molar-refractivity contribution in [2.24, 2.45) is 0 Å². The van der Waals surface area contributed by atoms with Crippen molar-refractivity contribution in [3.05, 3.63) is 47.7 Å². The van der Waals surface area contributed by atoms with Crippen molar-refractivity contribution < 1.29 is 13.9 Å². The fourth-order valence-corrected chi connectivity index (χ4v) is 2.33. The van der Waals surface area contributed by atoms with Crippen LogP contribution in [-0.4, -0.2) is 15.3 Å². The van der Waals surface area contributed by atoms with Gasteiger partial charge < -0.3 is 5.11 Å². The molecule has 0 fully saturated rings. The van der Waals surface area contributed by atoms with Gasteiger partial charge in [-0.2, -0.15) is 5.10 Å². The zero-order chi connectivity index (χ0) is 14.3. The standard InChI is InChI=1S/C15H12F2N2O/c1-2-8-5-15(20)13(17)6-10(8)9-3-12(16)11-7-18-19-14(11)4-9/h3-7,20H,2H2,1H3,(H,18,19). The first kappa shape index (κ1) is 12.6. The minimum Gasteiger partial charge on any atom is -0.505 e. The zero-order valence-electron chi connectivity index (χ0n) is 10.7. The van der Waals surface area contributed by atoms with Gasteiger partial charge in [-0.1, -0.05) is 6.92 Å². The Morgan fingerprint density at radius 1 is 1.15 bits per heavy atom. The van der Waals surface area contributed by atoms with Crippen LogP contribution < -0.4 is 0 Å². The second-order valence-corrected chi connectivity index (χ2v) is 4.60. The van der Waals surface area contributed by atoms with E-state index in [2.05, 4.69) is 10.2 Å². The number of benzene rings is 2. The van der Waals surface area contributed by atoms with Gasteiger partial charge in [-0.15, -0.1) is 0 Å². The highest BCUT2D eigenvalue weighted by molar-refractivity contribution is 5.85. The number of nitrogens with one attached hydrogen (secondary N) is 1. The molecule has 3 rings (SSSR count). The Labute approximate surface area is 113 Å². The van der Waals surface area contributed by atoms with Crippen LogP contribution in [-0.2, 0) is 6.42 Å². The lowest BCUT2D eigenvalue weighted by atomic mass is 9.96. The lowest BCUT2D eigenvalue weighted by Crippen LogP contribution is -1.91. The van der Waals surface area contributed by atoms with Crippen molar-refractivity contribution in [1.82, 2.24) is 10.2 Å². The first-order chi connectivity index (χ1) is 9.60. The average molecular weight is 274 g/mol. The van der Waals surface area contributed by atoms with Crippen LogP contribution in [0.15, 0.2) is 30.5 Å². The van der Waals surface area contributed by atoms with E-state index in [9.17, 15) is 13.9 Å². The van der Waals surface area contributed by atoms with Crippen LogP contribution in [0.4, 0.5) is 8.78 Å². The molecule has 2 aromatic carbocycles. The maximum Gasteiger partial charge on any atom is 0.165 e. The fourth-order valence-electron chi connectivity index (χ4n) is 2.33. The molecule has 0 radical (unpaired) electrons. The molecule has 0 saturated carbocycles. The van der Waals surface area contributed by atoms with E-state index in [1.54, 1.807) is 6.07 Å². The van der Waals surface area contributed by atoms with Crippen LogP contribution in [0.25, 0.3) is 22.0 Å². The number of aryl methyl sites for hydroxylation is 1. The largest absolute Gasteiger partial charge is 0.505 e. The number of halogens is 2. The molecule has 1 aromatic heterocycles. The molecule has 5 heteroatoms. The summed E-state index contributed by atoms with van der Waals surface area (Å²) in [5.41, 5.74) is 2.42. The maximum absolute atomic E-state index is 14.0. The normalized spacial score (nSPS) is 11.2. The first-order valence-electron chi connectivity index (χ1n) is 6.24. The summed E-state index contributed by atoms with van der Waals surface area (Å²) < 4.78 is 27.5. The molecule has 3 nitrogen and oxygen atoms in total. The smallest absolute Gasteiger partial charge is 0.165 e. The van der Waals surface area contributed by atoms with Crippen LogP contribution in [0.5, 0.6) is 5.75 Å². The molecular weight excluding hydrogens is 262 g/mol. The second kappa shape index (κ2) is 4.59. The number of hydrogen-bond acceptors (Lipinski definition) is 2. The van der Waals surface area contributed by atoms with Crippen molar-refractivity contribution in [2.45, 2.75) is 13.3 Å². The Bertz CT molecular complexity index is 796. The van der Waals surface area contributed by atoms with Crippen molar-refractivity contribution >= 4 is 10.9 Å². The number of H-pyrrole nitrogens is 1. The van der Waals surface area contributed by atoms with E-state index < -0.39 is 17.4 Å². The van der Waals surface area contributed by atoms with Crippen LogP contribution >= 0.6 is 0 Å². The number of aromatic amines is 1. The lowest BCUT2D eigenvalue weighted by molar-refractivity contribution is 0.432. The molecule has 0 aliphatic carbocycles. The topological polar surface area (TPSA) is 48.9 Å². The summed E-state index contributed by atoms with van der Waals surface area (Å²) in [5, 5.41) is 16.3. The molecule has 2 N–H and O–H groups in total. The highest BCUT2D eigenvalue weighted by Gasteiger charge is 2.13. The predicted molar refractivity (Wildman–Crippen MR) is 72.5 cm³/mol. The molecule has 0 bridgehead atoms. The van der Waals surface area contributed by atoms with E-state index in [1.807, 2.05) is 6.92 Å². The molecule has 102 valence electrons. The van der Waals surface area contributed by atoms with Gasteiger partial charge in [0.25, 0.3) is 0 Å². The number of fused-ring (bicyclic) bond motifs is 1. The summed E-state index contributed by atoms with van der Waals surface area (Å²) in [6.45, 7) is 1.89. The van der Waals surface area contributed by atoms with Gasteiger partial charge in [0.2, 0.25) is 0 Å². The monoisotopic (exact) mass is 274 g/mol. The minimum atomic E-state index is -0.720. The Morgan fingerprint density at radius 2 is 1.95 bits per heavy atom. The summed E-state index contributed by atoms with van der Waals surface area (Å²) in [5.74, 6) is -1.53. The second-order valence-electron chi connectivity index (χ2n) is 4.60. The Morgan fingerprint density at radius 3 is 2.70 bits per heavy atom. The number of aromatic nitrogens is 2. The SMILES string of the molecule is CCc1cc(O)c(F)cc1-c1cc(F)c2cn[nH]c2c1. The molecule has 0 amide bonds. The third kappa shape index (κ3) is 1.91. The molecule has 0 saturated heterocycles. The third-order valence-electron chi connectivity index (χ3n) is 3.37. The first-order valence-corrected chi connectivity index (χ1v) is 6.24. The predicted octanol–water partition coefficient (Wildman–Crippen LogP) is 3.78. The van der Waals surface area contributed by atoms with Crippen LogP contribution in [0, 0.1) is 11.6 Å². The van der Waals surface area contributed by atoms with Gasteiger partial charge in [0.05, 0.1) is 17.1 Å². The Balaban J connectivity index is 2.27. The summed E-state index contributed by atoms with van der Waals surface area (Å²) in [7, 11) is 0. The molecule has 0 aliphatic rings. The molecular formula is C15H12F2N2O. The van der Waals surface area contributed by atoms with Gasteiger partial charge in [-0.05, 0) is 47.4 Å². The summed E-state index contributed by atoms with van der Waals surface area (Å²) >= 11 is 0.